The SMILES string of the molecule is O=C([O-])[O-].[Mg+2].[Zn]. The Bertz CT molecular complexity index is 33.8. The number of hydrogen-bond donors (Lipinski definition) is 0. The van der Waals surface area contributed by atoms with Crippen LogP contribution in [0.5, 0.6) is 0 Å². The van der Waals surface area contributed by atoms with Crippen LogP contribution in [0.4, 0.5) is 4.79 Å². The van der Waals surface area contributed by atoms with E-state index in [1.165, 1.54) is 0 Å². The Morgan fingerprint density at radius 2 is 1.33 bits per heavy atom. The third-order valence-corrected chi connectivity index (χ3v) is 0. The zero-order chi connectivity index (χ0) is 3.58. The van der Waals surface area contributed by atoms with E-state index in [2.05, 4.69) is 0 Å². The molecule has 0 saturated heterocycles. The first-order valence-electron chi connectivity index (χ1n) is 0.612. The zero-order valence-corrected chi connectivity index (χ0v) is 7.52. The van der Waals surface area contributed by atoms with Crippen molar-refractivity contribution in [2.45, 2.75) is 0 Å². The third kappa shape index (κ3) is 143. The standard InChI is InChI=1S/CH2O3.Mg.Zn/c2-1(3)4;;/h(H2,2,3,4);;/q;+2;/p-2. The van der Waals surface area contributed by atoms with Gasteiger partial charge >= 0.3 is 23.1 Å². The van der Waals surface area contributed by atoms with Crippen LogP contribution in [0.25, 0.3) is 0 Å². The minimum absolute atomic E-state index is 0. The van der Waals surface area contributed by atoms with Gasteiger partial charge in [0.2, 0.25) is 0 Å². The fourth-order valence-electron chi connectivity index (χ4n) is 0. The monoisotopic (exact) mass is 148 g/mol. The summed E-state index contributed by atoms with van der Waals surface area (Å²) in [6, 6.07) is 0. The molecule has 0 aliphatic rings. The van der Waals surface area contributed by atoms with Crippen LogP contribution in [0.2, 0.25) is 0 Å². The second-order valence-corrected chi connectivity index (χ2v) is 0.250. The van der Waals surface area contributed by atoms with E-state index >= 15 is 0 Å². The fraction of sp³-hybridized carbons (Fsp3) is 0. The van der Waals surface area contributed by atoms with Gasteiger partial charge in [-0.25, -0.2) is 0 Å². The van der Waals surface area contributed by atoms with Crippen molar-refractivity contribution in [1.82, 2.24) is 0 Å². The fourth-order valence-corrected chi connectivity index (χ4v) is 0. The van der Waals surface area contributed by atoms with Gasteiger partial charge in [0.05, 0.1) is 0 Å². The molecule has 0 spiro atoms. The molecular formula is CMgO3Zn. The summed E-state index contributed by atoms with van der Waals surface area (Å²) < 4.78 is 0. The molecule has 0 aromatic heterocycles. The number of carboxylic acid groups (broad SMARTS) is 2. The molecular weight excluding hydrogens is 150 g/mol. The second-order valence-electron chi connectivity index (χ2n) is 0.250. The number of carbonyl (C=O) groups is 1. The summed E-state index contributed by atoms with van der Waals surface area (Å²) in [5, 5.41) is 16.7. The van der Waals surface area contributed by atoms with Crippen LogP contribution in [-0.4, -0.2) is 29.2 Å². The summed E-state index contributed by atoms with van der Waals surface area (Å²) >= 11 is 0. The Balaban J connectivity index is -0.0000000450. The molecule has 6 heavy (non-hydrogen) atoms. The van der Waals surface area contributed by atoms with Gasteiger partial charge < -0.3 is 15.0 Å². The van der Waals surface area contributed by atoms with Gasteiger partial charge in [-0.15, -0.1) is 0 Å². The van der Waals surface area contributed by atoms with E-state index in [1.807, 2.05) is 0 Å². The van der Waals surface area contributed by atoms with Gasteiger partial charge in [-0.3, -0.25) is 0 Å². The maximum atomic E-state index is 8.33. The van der Waals surface area contributed by atoms with Gasteiger partial charge in [0, 0.05) is 19.5 Å². The van der Waals surface area contributed by atoms with Crippen molar-refractivity contribution in [3.05, 3.63) is 0 Å². The van der Waals surface area contributed by atoms with E-state index in [1.54, 1.807) is 0 Å². The Hall–Kier alpha value is 0.660. The summed E-state index contributed by atoms with van der Waals surface area (Å²) in [5.41, 5.74) is 0. The first-order valence-corrected chi connectivity index (χ1v) is 0.612. The van der Waals surface area contributed by atoms with Crippen LogP contribution >= 0.6 is 0 Å². The van der Waals surface area contributed by atoms with Crippen LogP contribution in [0.15, 0.2) is 0 Å². The Morgan fingerprint density at radius 1 is 1.33 bits per heavy atom. The number of hydrogen-bond acceptors (Lipinski definition) is 3. The molecule has 0 fully saturated rings. The van der Waals surface area contributed by atoms with Crippen LogP contribution in [0.1, 0.15) is 0 Å². The van der Waals surface area contributed by atoms with E-state index in [4.69, 9.17) is 15.0 Å². The average molecular weight is 150 g/mol. The summed E-state index contributed by atoms with van der Waals surface area (Å²) in [5.74, 6) is 0. The predicted octanol–water partition coefficient (Wildman–Crippen LogP) is -2.83. The largest absolute Gasteiger partial charge is 2.00 e. The smallest absolute Gasteiger partial charge is 0.652 e. The summed E-state index contributed by atoms with van der Waals surface area (Å²) in [7, 11) is 0. The van der Waals surface area contributed by atoms with Crippen LogP contribution in [-0.2, 0) is 19.5 Å². The van der Waals surface area contributed by atoms with E-state index in [0.717, 1.165) is 0 Å². The molecule has 0 aromatic rings. The first kappa shape index (κ1) is 15.9. The van der Waals surface area contributed by atoms with Crippen molar-refractivity contribution in [3.8, 4) is 0 Å². The van der Waals surface area contributed by atoms with Crippen molar-refractivity contribution in [2.24, 2.45) is 0 Å². The van der Waals surface area contributed by atoms with Gasteiger partial charge in [-0.05, 0) is 6.16 Å². The van der Waals surface area contributed by atoms with Crippen LogP contribution < -0.4 is 10.2 Å². The molecule has 5 heteroatoms. The maximum Gasteiger partial charge on any atom is 2.00 e. The van der Waals surface area contributed by atoms with Gasteiger partial charge in [-0.1, -0.05) is 0 Å². The average Bonchev–Trinajstić information content (AvgIpc) is 0.811. The van der Waals surface area contributed by atoms with Gasteiger partial charge in [-0.2, -0.15) is 0 Å². The van der Waals surface area contributed by atoms with E-state index in [0.29, 0.717) is 0 Å². The van der Waals surface area contributed by atoms with Gasteiger partial charge in [0.15, 0.2) is 0 Å². The zero-order valence-electron chi connectivity index (χ0n) is 3.14. The van der Waals surface area contributed by atoms with Crippen molar-refractivity contribution in [2.75, 3.05) is 0 Å². The summed E-state index contributed by atoms with van der Waals surface area (Å²) in [6.07, 6.45) is -2.33. The molecule has 0 radical (unpaired) electrons. The molecule has 0 amide bonds. The second kappa shape index (κ2) is 9.18. The Labute approximate surface area is 63.6 Å². The number of carbonyl (C=O) groups excluding carboxylic acids is 1. The van der Waals surface area contributed by atoms with E-state index in [9.17, 15) is 0 Å². The predicted molar refractivity (Wildman–Crippen MR) is 11.1 cm³/mol. The summed E-state index contributed by atoms with van der Waals surface area (Å²) in [6.45, 7) is 0. The molecule has 0 bridgehead atoms. The summed E-state index contributed by atoms with van der Waals surface area (Å²) in [4.78, 5) is 8.33. The van der Waals surface area contributed by atoms with Crippen molar-refractivity contribution >= 4 is 29.2 Å². The topological polar surface area (TPSA) is 63.2 Å². The Kier molecular flexibility index (Phi) is 24.4. The molecule has 0 unspecified atom stereocenters. The Morgan fingerprint density at radius 3 is 1.33 bits per heavy atom. The minimum atomic E-state index is -2.33. The van der Waals surface area contributed by atoms with Crippen molar-refractivity contribution in [1.29, 1.82) is 0 Å². The molecule has 0 heterocycles. The molecule has 0 aliphatic heterocycles. The molecule has 0 saturated carbocycles. The third-order valence-electron chi connectivity index (χ3n) is 0. The van der Waals surface area contributed by atoms with Gasteiger partial charge in [0.25, 0.3) is 0 Å². The molecule has 0 N–H and O–H groups in total. The molecule has 3 nitrogen and oxygen atoms in total. The normalized spacial score (nSPS) is 4.00. The quantitative estimate of drug-likeness (QED) is 0.349. The molecule has 0 rings (SSSR count). The van der Waals surface area contributed by atoms with E-state index < -0.39 is 6.16 Å². The van der Waals surface area contributed by atoms with Crippen molar-refractivity contribution in [3.63, 3.8) is 0 Å². The molecule has 0 atom stereocenters. The number of rotatable bonds is 0. The van der Waals surface area contributed by atoms with Gasteiger partial charge in [0.1, 0.15) is 0 Å². The van der Waals surface area contributed by atoms with Crippen LogP contribution in [0.3, 0.4) is 0 Å². The van der Waals surface area contributed by atoms with Crippen molar-refractivity contribution < 1.29 is 34.5 Å². The first-order chi connectivity index (χ1) is 1.73. The maximum absolute atomic E-state index is 8.33. The van der Waals surface area contributed by atoms with Crippen LogP contribution in [0, 0.1) is 0 Å². The molecule has 0 aliphatic carbocycles. The van der Waals surface area contributed by atoms with E-state index in [-0.39, 0.29) is 42.5 Å². The molecule has 0 aromatic carbocycles. The minimum Gasteiger partial charge on any atom is -0.652 e. The molecule has 26 valence electrons.